The van der Waals surface area contributed by atoms with Crippen molar-refractivity contribution in [1.29, 1.82) is 0 Å². The van der Waals surface area contributed by atoms with E-state index in [1.165, 1.54) is 31.0 Å². The minimum absolute atomic E-state index is 0.00607. The third-order valence-electron chi connectivity index (χ3n) is 5.17. The first-order valence-electron chi connectivity index (χ1n) is 9.49. The summed E-state index contributed by atoms with van der Waals surface area (Å²) in [5.74, 6) is 0.486. The standard InChI is InChI=1S/C21H23N3O2S/c25-19-14-27-21-18(7-4-12-22-21)24(19)13-15-8-10-16(11-9-15)20(26)23-17-5-2-1-3-6-17/h4,7-12,17H,1-3,5-6,13-14H2,(H,23,26). The van der Waals surface area contributed by atoms with E-state index in [-0.39, 0.29) is 11.8 Å². The van der Waals surface area contributed by atoms with E-state index in [4.69, 9.17) is 0 Å². The highest BCUT2D eigenvalue weighted by molar-refractivity contribution is 8.00. The van der Waals surface area contributed by atoms with E-state index in [0.29, 0.717) is 23.9 Å². The number of hydrogen-bond donors (Lipinski definition) is 1. The van der Waals surface area contributed by atoms with Gasteiger partial charge in [0.1, 0.15) is 5.03 Å². The SMILES string of the molecule is O=C(NC1CCCCC1)c1ccc(CN2C(=O)CSc3ncccc32)cc1. The highest BCUT2D eigenvalue weighted by atomic mass is 32.2. The number of fused-ring (bicyclic) bond motifs is 1. The fourth-order valence-corrected chi connectivity index (χ4v) is 4.55. The molecule has 0 radical (unpaired) electrons. The molecule has 1 saturated carbocycles. The van der Waals surface area contributed by atoms with Crippen LogP contribution in [0.2, 0.25) is 0 Å². The maximum atomic E-state index is 12.4. The second kappa shape index (κ2) is 8.13. The van der Waals surface area contributed by atoms with Crippen LogP contribution >= 0.6 is 11.8 Å². The van der Waals surface area contributed by atoms with Gasteiger partial charge in [-0.25, -0.2) is 4.98 Å². The summed E-state index contributed by atoms with van der Waals surface area (Å²) in [6.07, 6.45) is 7.57. The van der Waals surface area contributed by atoms with E-state index in [2.05, 4.69) is 10.3 Å². The second-order valence-electron chi connectivity index (χ2n) is 7.10. The van der Waals surface area contributed by atoms with Crippen molar-refractivity contribution in [3.05, 3.63) is 53.7 Å². The molecule has 0 spiro atoms. The summed E-state index contributed by atoms with van der Waals surface area (Å²) in [5.41, 5.74) is 2.53. The molecule has 1 aliphatic heterocycles. The maximum Gasteiger partial charge on any atom is 0.251 e. The lowest BCUT2D eigenvalue weighted by Crippen LogP contribution is -2.36. The predicted octanol–water partition coefficient (Wildman–Crippen LogP) is 3.78. The van der Waals surface area contributed by atoms with E-state index in [1.807, 2.05) is 36.4 Å². The van der Waals surface area contributed by atoms with Crippen molar-refractivity contribution in [2.45, 2.75) is 49.7 Å². The number of pyridine rings is 1. The van der Waals surface area contributed by atoms with Crippen LogP contribution in [0.4, 0.5) is 5.69 Å². The Morgan fingerprint density at radius 2 is 1.93 bits per heavy atom. The number of carbonyl (C=O) groups excluding carboxylic acids is 2. The number of aromatic nitrogens is 1. The Labute approximate surface area is 163 Å². The monoisotopic (exact) mass is 381 g/mol. The summed E-state index contributed by atoms with van der Waals surface area (Å²) < 4.78 is 0. The van der Waals surface area contributed by atoms with Gasteiger partial charge in [-0.3, -0.25) is 9.59 Å². The van der Waals surface area contributed by atoms with Gasteiger partial charge in [0.25, 0.3) is 5.91 Å². The number of nitrogens with zero attached hydrogens (tertiary/aromatic N) is 2. The van der Waals surface area contributed by atoms with Crippen LogP contribution in [0, 0.1) is 0 Å². The number of nitrogens with one attached hydrogen (secondary N) is 1. The molecule has 1 aromatic heterocycles. The zero-order chi connectivity index (χ0) is 18.6. The average Bonchev–Trinajstić information content (AvgIpc) is 2.71. The quantitative estimate of drug-likeness (QED) is 0.875. The smallest absolute Gasteiger partial charge is 0.251 e. The Balaban J connectivity index is 1.43. The topological polar surface area (TPSA) is 62.3 Å². The molecule has 2 aromatic rings. The molecule has 1 fully saturated rings. The molecule has 6 heteroatoms. The third-order valence-corrected chi connectivity index (χ3v) is 6.15. The molecular weight excluding hydrogens is 358 g/mol. The van der Waals surface area contributed by atoms with Crippen LogP contribution in [-0.4, -0.2) is 28.6 Å². The lowest BCUT2D eigenvalue weighted by atomic mass is 9.95. The van der Waals surface area contributed by atoms with Gasteiger partial charge in [0.15, 0.2) is 0 Å². The molecule has 2 heterocycles. The molecule has 0 saturated heterocycles. The van der Waals surface area contributed by atoms with Crippen LogP contribution < -0.4 is 10.2 Å². The van der Waals surface area contributed by atoms with Gasteiger partial charge in [0, 0.05) is 17.8 Å². The van der Waals surface area contributed by atoms with Crippen LogP contribution in [0.25, 0.3) is 0 Å². The molecule has 0 atom stereocenters. The maximum absolute atomic E-state index is 12.4. The molecule has 1 N–H and O–H groups in total. The van der Waals surface area contributed by atoms with Gasteiger partial charge >= 0.3 is 0 Å². The number of carbonyl (C=O) groups is 2. The van der Waals surface area contributed by atoms with Gasteiger partial charge in [0.2, 0.25) is 5.91 Å². The first-order valence-corrected chi connectivity index (χ1v) is 10.5. The summed E-state index contributed by atoms with van der Waals surface area (Å²) in [6.45, 7) is 0.489. The molecule has 4 rings (SSSR count). The first kappa shape index (κ1) is 18.0. The minimum Gasteiger partial charge on any atom is -0.349 e. The zero-order valence-electron chi connectivity index (χ0n) is 15.2. The Kier molecular flexibility index (Phi) is 5.43. The van der Waals surface area contributed by atoms with Crippen molar-refractivity contribution < 1.29 is 9.59 Å². The minimum atomic E-state index is -0.00607. The van der Waals surface area contributed by atoms with Crippen molar-refractivity contribution in [1.82, 2.24) is 10.3 Å². The fraction of sp³-hybridized carbons (Fsp3) is 0.381. The van der Waals surface area contributed by atoms with Gasteiger partial charge in [-0.05, 0) is 42.7 Å². The van der Waals surface area contributed by atoms with E-state index in [1.54, 1.807) is 11.1 Å². The lowest BCUT2D eigenvalue weighted by Gasteiger charge is -2.28. The molecule has 5 nitrogen and oxygen atoms in total. The Morgan fingerprint density at radius 3 is 2.70 bits per heavy atom. The highest BCUT2D eigenvalue weighted by Gasteiger charge is 2.25. The molecule has 0 unspecified atom stereocenters. The van der Waals surface area contributed by atoms with Gasteiger partial charge < -0.3 is 10.2 Å². The van der Waals surface area contributed by atoms with Crippen LogP contribution in [-0.2, 0) is 11.3 Å². The van der Waals surface area contributed by atoms with E-state index >= 15 is 0 Å². The number of thioether (sulfide) groups is 1. The Morgan fingerprint density at radius 1 is 1.15 bits per heavy atom. The van der Waals surface area contributed by atoms with Crippen LogP contribution in [0.5, 0.6) is 0 Å². The predicted molar refractivity (Wildman–Crippen MR) is 107 cm³/mol. The molecule has 1 aliphatic carbocycles. The molecule has 2 aliphatic rings. The summed E-state index contributed by atoms with van der Waals surface area (Å²) in [4.78, 5) is 30.9. The van der Waals surface area contributed by atoms with Crippen LogP contribution in [0.15, 0.2) is 47.6 Å². The number of benzene rings is 1. The van der Waals surface area contributed by atoms with Gasteiger partial charge in [-0.15, -0.1) is 0 Å². The third kappa shape index (κ3) is 4.16. The van der Waals surface area contributed by atoms with Gasteiger partial charge in [-0.2, -0.15) is 0 Å². The molecule has 1 aromatic carbocycles. The second-order valence-corrected chi connectivity index (χ2v) is 8.07. The molecule has 140 valence electrons. The number of rotatable bonds is 4. The number of hydrogen-bond acceptors (Lipinski definition) is 4. The van der Waals surface area contributed by atoms with E-state index in [0.717, 1.165) is 29.1 Å². The van der Waals surface area contributed by atoms with Gasteiger partial charge in [0.05, 0.1) is 18.0 Å². The number of amides is 2. The summed E-state index contributed by atoms with van der Waals surface area (Å²) in [5, 5.41) is 4.03. The fourth-order valence-electron chi connectivity index (χ4n) is 3.67. The first-order chi connectivity index (χ1) is 13.2. The lowest BCUT2D eigenvalue weighted by molar-refractivity contribution is -0.116. The summed E-state index contributed by atoms with van der Waals surface area (Å²) in [6, 6.07) is 11.6. The molecule has 2 amide bonds. The van der Waals surface area contributed by atoms with Crippen molar-refractivity contribution in [2.75, 3.05) is 10.7 Å². The highest BCUT2D eigenvalue weighted by Crippen LogP contribution is 2.34. The zero-order valence-corrected chi connectivity index (χ0v) is 16.0. The Bertz CT molecular complexity index is 832. The van der Waals surface area contributed by atoms with Gasteiger partial charge in [-0.1, -0.05) is 43.2 Å². The number of anilines is 1. The van der Waals surface area contributed by atoms with Crippen LogP contribution in [0.3, 0.4) is 0 Å². The van der Waals surface area contributed by atoms with Crippen molar-refractivity contribution in [3.63, 3.8) is 0 Å². The Hall–Kier alpha value is -2.34. The molecule has 27 heavy (non-hydrogen) atoms. The van der Waals surface area contributed by atoms with E-state index < -0.39 is 0 Å². The van der Waals surface area contributed by atoms with Crippen molar-refractivity contribution in [2.24, 2.45) is 0 Å². The average molecular weight is 382 g/mol. The summed E-state index contributed by atoms with van der Waals surface area (Å²) in [7, 11) is 0. The van der Waals surface area contributed by atoms with E-state index in [9.17, 15) is 9.59 Å². The normalized spacial score (nSPS) is 17.5. The molecule has 0 bridgehead atoms. The molecular formula is C21H23N3O2S. The van der Waals surface area contributed by atoms with Crippen molar-refractivity contribution in [3.8, 4) is 0 Å². The summed E-state index contributed by atoms with van der Waals surface area (Å²) >= 11 is 1.48. The van der Waals surface area contributed by atoms with Crippen LogP contribution in [0.1, 0.15) is 48.0 Å². The largest absolute Gasteiger partial charge is 0.349 e. The van der Waals surface area contributed by atoms with Crippen molar-refractivity contribution >= 4 is 29.3 Å².